The van der Waals surface area contributed by atoms with Crippen LogP contribution in [0.2, 0.25) is 5.02 Å². The Hall–Kier alpha value is -2.48. The Balaban J connectivity index is 1.81. The van der Waals surface area contributed by atoms with Crippen LogP contribution in [0.5, 0.6) is 0 Å². The summed E-state index contributed by atoms with van der Waals surface area (Å²) in [5.41, 5.74) is 1.91. The van der Waals surface area contributed by atoms with Gasteiger partial charge in [0.15, 0.2) is 5.78 Å². The zero-order valence-corrected chi connectivity index (χ0v) is 19.3. The van der Waals surface area contributed by atoms with E-state index in [4.69, 9.17) is 21.1 Å². The van der Waals surface area contributed by atoms with Crippen molar-refractivity contribution in [1.29, 1.82) is 0 Å². The zero-order chi connectivity index (χ0) is 22.8. The van der Waals surface area contributed by atoms with E-state index in [0.717, 1.165) is 4.88 Å². The molecule has 0 amide bonds. The van der Waals surface area contributed by atoms with E-state index in [1.807, 2.05) is 17.5 Å². The van der Waals surface area contributed by atoms with E-state index in [-0.39, 0.29) is 47.5 Å². The highest BCUT2D eigenvalue weighted by Gasteiger charge is 2.43. The summed E-state index contributed by atoms with van der Waals surface area (Å²) in [5, 5.41) is 5.39. The molecular formula is C24H23ClFNO4S. The highest BCUT2D eigenvalue weighted by molar-refractivity contribution is 7.10. The first kappa shape index (κ1) is 22.7. The Kier molecular flexibility index (Phi) is 6.79. The molecule has 1 aliphatic heterocycles. The number of thiophene rings is 1. The second kappa shape index (κ2) is 9.57. The highest BCUT2D eigenvalue weighted by atomic mass is 35.5. The maximum atomic E-state index is 15.1. The lowest BCUT2D eigenvalue weighted by molar-refractivity contribution is -0.140. The Labute approximate surface area is 194 Å². The largest absolute Gasteiger partial charge is 0.460 e. The van der Waals surface area contributed by atoms with Crippen molar-refractivity contribution in [1.82, 2.24) is 5.32 Å². The van der Waals surface area contributed by atoms with E-state index in [1.165, 1.54) is 19.2 Å². The molecule has 1 aromatic heterocycles. The van der Waals surface area contributed by atoms with Gasteiger partial charge in [0.25, 0.3) is 0 Å². The molecule has 1 N–H and O–H groups in total. The number of benzene rings is 1. The first-order valence-corrected chi connectivity index (χ1v) is 11.6. The van der Waals surface area contributed by atoms with Crippen molar-refractivity contribution < 1.29 is 23.5 Å². The number of ketones is 1. The zero-order valence-electron chi connectivity index (χ0n) is 17.7. The molecule has 0 fully saturated rings. The van der Waals surface area contributed by atoms with Gasteiger partial charge in [-0.05, 0) is 36.9 Å². The maximum Gasteiger partial charge on any atom is 0.336 e. The molecule has 2 aromatic rings. The van der Waals surface area contributed by atoms with Crippen LogP contribution in [-0.2, 0) is 19.1 Å². The van der Waals surface area contributed by atoms with E-state index in [0.29, 0.717) is 23.4 Å². The maximum absolute atomic E-state index is 15.1. The van der Waals surface area contributed by atoms with Crippen molar-refractivity contribution in [2.75, 3.05) is 20.3 Å². The molecule has 0 spiro atoms. The predicted octanol–water partition coefficient (Wildman–Crippen LogP) is 5.09. The molecule has 0 bridgehead atoms. The molecule has 0 radical (unpaired) electrons. The topological polar surface area (TPSA) is 64.6 Å². The van der Waals surface area contributed by atoms with Gasteiger partial charge in [0.2, 0.25) is 0 Å². The summed E-state index contributed by atoms with van der Waals surface area (Å²) in [6, 6.07) is 8.33. The number of Topliss-reactive ketones (excluding diaryl/α,β-unsaturated/α-hetero) is 1. The first-order valence-electron chi connectivity index (χ1n) is 10.3. The summed E-state index contributed by atoms with van der Waals surface area (Å²) in [6.07, 6.45) is 0.877. The molecule has 0 saturated carbocycles. The molecule has 4 rings (SSSR count). The standard InChI is InChI=1S/C24H23ClFNO4S/c1-13-20(24(29)31-9-8-30-2)23(21-15(25)5-3-6-16(21)26)22-17(27-13)11-14(12-18(22)28)19-7-4-10-32-19/h3-7,10,14,23,27H,8-9,11-12H2,1-2H3/t14-,23+/m0/s1. The number of rotatable bonds is 6. The summed E-state index contributed by atoms with van der Waals surface area (Å²) < 4.78 is 25.4. The third-order valence-corrected chi connectivity index (χ3v) is 7.17. The summed E-state index contributed by atoms with van der Waals surface area (Å²) in [4.78, 5) is 27.6. The van der Waals surface area contributed by atoms with Crippen LogP contribution in [0, 0.1) is 5.82 Å². The molecular weight excluding hydrogens is 453 g/mol. The van der Waals surface area contributed by atoms with Gasteiger partial charge in [0.1, 0.15) is 12.4 Å². The van der Waals surface area contributed by atoms with Crippen molar-refractivity contribution in [2.24, 2.45) is 0 Å². The van der Waals surface area contributed by atoms with Gasteiger partial charge >= 0.3 is 5.97 Å². The van der Waals surface area contributed by atoms with E-state index in [2.05, 4.69) is 5.32 Å². The molecule has 2 heterocycles. The highest BCUT2D eigenvalue weighted by Crippen LogP contribution is 2.48. The molecule has 5 nitrogen and oxygen atoms in total. The van der Waals surface area contributed by atoms with Crippen LogP contribution >= 0.6 is 22.9 Å². The number of methoxy groups -OCH3 is 1. The average Bonchev–Trinajstić information content (AvgIpc) is 3.28. The SMILES string of the molecule is COCCOC(=O)C1=C(C)NC2=C(C(=O)C[C@@H](c3cccs3)C2)[C@H]1c1c(F)cccc1Cl. The number of esters is 1. The van der Waals surface area contributed by atoms with Crippen molar-refractivity contribution in [3.63, 3.8) is 0 Å². The van der Waals surface area contributed by atoms with Crippen LogP contribution in [-0.4, -0.2) is 32.1 Å². The fraction of sp³-hybridized carbons (Fsp3) is 0.333. The number of nitrogens with one attached hydrogen (secondary N) is 1. The quantitative estimate of drug-likeness (QED) is 0.465. The van der Waals surface area contributed by atoms with Gasteiger partial charge in [-0.1, -0.05) is 23.7 Å². The third kappa shape index (κ3) is 4.25. The van der Waals surface area contributed by atoms with Crippen LogP contribution in [0.4, 0.5) is 4.39 Å². The summed E-state index contributed by atoms with van der Waals surface area (Å²) in [7, 11) is 1.50. The molecule has 8 heteroatoms. The van der Waals surface area contributed by atoms with Crippen LogP contribution in [0.25, 0.3) is 0 Å². The van der Waals surface area contributed by atoms with Crippen molar-refractivity contribution in [3.8, 4) is 0 Å². The monoisotopic (exact) mass is 475 g/mol. The molecule has 168 valence electrons. The van der Waals surface area contributed by atoms with Gasteiger partial charge in [-0.25, -0.2) is 9.18 Å². The minimum Gasteiger partial charge on any atom is -0.460 e. The molecule has 32 heavy (non-hydrogen) atoms. The van der Waals surface area contributed by atoms with Gasteiger partial charge in [-0.2, -0.15) is 0 Å². The van der Waals surface area contributed by atoms with Crippen molar-refractivity contribution >= 4 is 34.7 Å². The number of hydrogen-bond donors (Lipinski definition) is 1. The van der Waals surface area contributed by atoms with Gasteiger partial charge in [0.05, 0.1) is 18.1 Å². The second-order valence-electron chi connectivity index (χ2n) is 7.80. The minimum atomic E-state index is -0.938. The fourth-order valence-corrected chi connectivity index (χ4v) is 5.51. The number of allylic oxidation sites excluding steroid dienone is 3. The Morgan fingerprint density at radius 3 is 2.75 bits per heavy atom. The number of ether oxygens (including phenoxy) is 2. The minimum absolute atomic E-state index is 0.0356. The number of carbonyl (C=O) groups excluding carboxylic acids is 2. The van der Waals surface area contributed by atoms with Crippen LogP contribution in [0.1, 0.15) is 42.0 Å². The van der Waals surface area contributed by atoms with Crippen LogP contribution in [0.3, 0.4) is 0 Å². The van der Waals surface area contributed by atoms with Crippen molar-refractivity contribution in [2.45, 2.75) is 31.6 Å². The Morgan fingerprint density at radius 1 is 1.25 bits per heavy atom. The molecule has 1 aliphatic carbocycles. The number of carbonyl (C=O) groups is 2. The normalized spacial score (nSPS) is 20.8. The summed E-state index contributed by atoms with van der Waals surface area (Å²) in [5.74, 6) is -2.23. The molecule has 0 unspecified atom stereocenters. The van der Waals surface area contributed by atoms with Gasteiger partial charge in [0, 0.05) is 51.9 Å². The van der Waals surface area contributed by atoms with E-state index < -0.39 is 17.7 Å². The Bertz CT molecular complexity index is 1090. The molecule has 2 aliphatic rings. The smallest absolute Gasteiger partial charge is 0.336 e. The van der Waals surface area contributed by atoms with Crippen LogP contribution < -0.4 is 5.32 Å². The van der Waals surface area contributed by atoms with E-state index >= 15 is 4.39 Å². The average molecular weight is 476 g/mol. The molecule has 2 atom stereocenters. The lowest BCUT2D eigenvalue weighted by atomic mass is 9.72. The molecule has 1 aromatic carbocycles. The lowest BCUT2D eigenvalue weighted by Crippen LogP contribution is -2.36. The van der Waals surface area contributed by atoms with Crippen molar-refractivity contribution in [3.05, 3.63) is 79.5 Å². The second-order valence-corrected chi connectivity index (χ2v) is 9.18. The van der Waals surface area contributed by atoms with E-state index in [1.54, 1.807) is 24.3 Å². The predicted molar refractivity (Wildman–Crippen MR) is 121 cm³/mol. The fourth-order valence-electron chi connectivity index (χ4n) is 4.40. The number of dihydropyridines is 1. The lowest BCUT2D eigenvalue weighted by Gasteiger charge is -2.36. The summed E-state index contributed by atoms with van der Waals surface area (Å²) in [6.45, 7) is 2.01. The van der Waals surface area contributed by atoms with Crippen LogP contribution in [0.15, 0.2) is 58.3 Å². The third-order valence-electron chi connectivity index (χ3n) is 5.80. The van der Waals surface area contributed by atoms with E-state index in [9.17, 15) is 9.59 Å². The van der Waals surface area contributed by atoms with Gasteiger partial charge < -0.3 is 14.8 Å². The first-order chi connectivity index (χ1) is 15.4. The number of halogens is 2. The van der Waals surface area contributed by atoms with Gasteiger partial charge in [-0.15, -0.1) is 11.3 Å². The molecule has 0 saturated heterocycles. The summed E-state index contributed by atoms with van der Waals surface area (Å²) >= 11 is 8.02. The Morgan fingerprint density at radius 2 is 2.06 bits per heavy atom. The van der Waals surface area contributed by atoms with Gasteiger partial charge in [-0.3, -0.25) is 4.79 Å². The number of hydrogen-bond acceptors (Lipinski definition) is 6.